The summed E-state index contributed by atoms with van der Waals surface area (Å²) in [6.45, 7) is 0. The summed E-state index contributed by atoms with van der Waals surface area (Å²) in [6.07, 6.45) is 0. The van der Waals surface area contributed by atoms with Crippen LogP contribution in [0, 0.1) is 17.5 Å². The fourth-order valence-electron chi connectivity index (χ4n) is 1.58. The van der Waals surface area contributed by atoms with E-state index in [1.54, 1.807) is 6.07 Å². The number of nitrogens with one attached hydrogen (secondary N) is 1. The summed E-state index contributed by atoms with van der Waals surface area (Å²) in [5.74, 6) is -2.54. The molecule has 0 aliphatic carbocycles. The number of hydrogen-bond acceptors (Lipinski definition) is 3. The van der Waals surface area contributed by atoms with E-state index < -0.39 is 23.1 Å². The van der Waals surface area contributed by atoms with Crippen LogP contribution in [0.15, 0.2) is 30.3 Å². The molecule has 0 unspecified atom stereocenters. The van der Waals surface area contributed by atoms with Crippen LogP contribution < -0.4 is 15.8 Å². The van der Waals surface area contributed by atoms with Gasteiger partial charge in [-0.1, -0.05) is 0 Å². The summed E-state index contributed by atoms with van der Waals surface area (Å²) in [7, 11) is 1.47. The van der Waals surface area contributed by atoms with Gasteiger partial charge in [0.1, 0.15) is 17.3 Å². The number of benzene rings is 2. The zero-order chi connectivity index (χ0) is 14.0. The van der Waals surface area contributed by atoms with Crippen molar-refractivity contribution in [2.45, 2.75) is 0 Å². The predicted octanol–water partition coefficient (Wildman–Crippen LogP) is 3.44. The molecule has 0 fully saturated rings. The number of methoxy groups -OCH3 is 1. The third-order valence-corrected chi connectivity index (χ3v) is 2.53. The summed E-state index contributed by atoms with van der Waals surface area (Å²) in [4.78, 5) is 0. The van der Waals surface area contributed by atoms with Crippen LogP contribution in [0.1, 0.15) is 0 Å². The Labute approximate surface area is 107 Å². The maximum atomic E-state index is 13.5. The Morgan fingerprint density at radius 1 is 1.05 bits per heavy atom. The largest absolute Gasteiger partial charge is 0.497 e. The first-order valence-electron chi connectivity index (χ1n) is 5.36. The van der Waals surface area contributed by atoms with Gasteiger partial charge in [0.15, 0.2) is 11.6 Å². The number of rotatable bonds is 3. The summed E-state index contributed by atoms with van der Waals surface area (Å²) < 4.78 is 44.7. The van der Waals surface area contributed by atoms with Gasteiger partial charge in [-0.05, 0) is 12.1 Å². The van der Waals surface area contributed by atoms with Gasteiger partial charge >= 0.3 is 0 Å². The molecule has 0 atom stereocenters. The van der Waals surface area contributed by atoms with Crippen LogP contribution in [0.3, 0.4) is 0 Å². The Hall–Kier alpha value is -2.37. The van der Waals surface area contributed by atoms with Crippen LogP contribution in [0.2, 0.25) is 0 Å². The molecule has 0 aliphatic rings. The maximum absolute atomic E-state index is 13.5. The molecule has 0 bridgehead atoms. The number of nitrogens with two attached hydrogens (primary N) is 1. The molecule has 0 saturated carbocycles. The highest BCUT2D eigenvalue weighted by Gasteiger charge is 2.13. The molecule has 6 heteroatoms. The summed E-state index contributed by atoms with van der Waals surface area (Å²) in [5, 5.41) is 2.49. The number of hydrogen-bond donors (Lipinski definition) is 2. The topological polar surface area (TPSA) is 47.3 Å². The van der Waals surface area contributed by atoms with Gasteiger partial charge < -0.3 is 15.8 Å². The lowest BCUT2D eigenvalue weighted by molar-refractivity contribution is 0.415. The van der Waals surface area contributed by atoms with Crippen molar-refractivity contribution in [3.8, 4) is 5.75 Å². The van der Waals surface area contributed by atoms with Gasteiger partial charge in [0.25, 0.3) is 0 Å². The smallest absolute Gasteiger partial charge is 0.152 e. The van der Waals surface area contributed by atoms with E-state index in [2.05, 4.69) is 5.32 Å². The predicted molar refractivity (Wildman–Crippen MR) is 67.0 cm³/mol. The highest BCUT2D eigenvalue weighted by molar-refractivity contribution is 5.74. The SMILES string of the molecule is COc1ccc(Nc2c(F)cc(F)cc2F)c(N)c1. The molecule has 2 aromatic carbocycles. The van der Waals surface area contributed by atoms with E-state index in [9.17, 15) is 13.2 Å². The van der Waals surface area contributed by atoms with Gasteiger partial charge in [0.2, 0.25) is 0 Å². The Bertz CT molecular complexity index is 594. The van der Waals surface area contributed by atoms with Crippen LogP contribution in [0.5, 0.6) is 5.75 Å². The molecule has 0 saturated heterocycles. The zero-order valence-corrected chi connectivity index (χ0v) is 10.0. The minimum Gasteiger partial charge on any atom is -0.497 e. The van der Waals surface area contributed by atoms with Crippen molar-refractivity contribution in [2.24, 2.45) is 0 Å². The van der Waals surface area contributed by atoms with Crippen molar-refractivity contribution >= 4 is 17.1 Å². The van der Waals surface area contributed by atoms with Crippen molar-refractivity contribution in [1.82, 2.24) is 0 Å². The lowest BCUT2D eigenvalue weighted by Gasteiger charge is -2.12. The van der Waals surface area contributed by atoms with E-state index in [-0.39, 0.29) is 5.69 Å². The van der Waals surface area contributed by atoms with Gasteiger partial charge in [-0.25, -0.2) is 13.2 Å². The van der Waals surface area contributed by atoms with E-state index in [0.29, 0.717) is 23.6 Å². The third kappa shape index (κ3) is 2.73. The second-order valence-electron chi connectivity index (χ2n) is 3.82. The van der Waals surface area contributed by atoms with Crippen molar-refractivity contribution < 1.29 is 17.9 Å². The van der Waals surface area contributed by atoms with Crippen LogP contribution in [0.4, 0.5) is 30.2 Å². The minimum atomic E-state index is -1.03. The van der Waals surface area contributed by atoms with Crippen LogP contribution in [-0.4, -0.2) is 7.11 Å². The van der Waals surface area contributed by atoms with Crippen LogP contribution >= 0.6 is 0 Å². The molecular formula is C13H11F3N2O. The van der Waals surface area contributed by atoms with E-state index in [1.807, 2.05) is 0 Å². The van der Waals surface area contributed by atoms with Gasteiger partial charge in [-0.15, -0.1) is 0 Å². The highest BCUT2D eigenvalue weighted by Crippen LogP contribution is 2.30. The van der Waals surface area contributed by atoms with E-state index in [4.69, 9.17) is 10.5 Å². The van der Waals surface area contributed by atoms with Gasteiger partial charge in [0, 0.05) is 18.2 Å². The average molecular weight is 268 g/mol. The molecule has 0 aromatic heterocycles. The van der Waals surface area contributed by atoms with E-state index in [1.165, 1.54) is 19.2 Å². The van der Waals surface area contributed by atoms with Crippen molar-refractivity contribution in [3.05, 3.63) is 47.8 Å². The number of nitrogen functional groups attached to an aromatic ring is 1. The number of halogens is 3. The van der Waals surface area contributed by atoms with Crippen molar-refractivity contribution in [1.29, 1.82) is 0 Å². The summed E-state index contributed by atoms with van der Waals surface area (Å²) in [5.41, 5.74) is 5.80. The maximum Gasteiger partial charge on any atom is 0.152 e. The van der Waals surface area contributed by atoms with E-state index in [0.717, 1.165) is 0 Å². The fourth-order valence-corrected chi connectivity index (χ4v) is 1.58. The minimum absolute atomic E-state index is 0.252. The average Bonchev–Trinajstić information content (AvgIpc) is 2.35. The first kappa shape index (κ1) is 13.1. The van der Waals surface area contributed by atoms with Crippen molar-refractivity contribution in [2.75, 3.05) is 18.2 Å². The summed E-state index contributed by atoms with van der Waals surface area (Å²) >= 11 is 0. The molecule has 0 aliphatic heterocycles. The Kier molecular flexibility index (Phi) is 3.50. The second kappa shape index (κ2) is 5.09. The molecule has 3 N–H and O–H groups in total. The second-order valence-corrected chi connectivity index (χ2v) is 3.82. The quantitative estimate of drug-likeness (QED) is 0.838. The number of ether oxygens (including phenoxy) is 1. The lowest BCUT2D eigenvalue weighted by Crippen LogP contribution is -2.01. The third-order valence-electron chi connectivity index (χ3n) is 2.53. The first-order chi connectivity index (χ1) is 9.01. The van der Waals surface area contributed by atoms with Crippen molar-refractivity contribution in [3.63, 3.8) is 0 Å². The van der Waals surface area contributed by atoms with Crippen LogP contribution in [-0.2, 0) is 0 Å². The zero-order valence-electron chi connectivity index (χ0n) is 10.0. The molecule has 2 aromatic rings. The molecule has 2 rings (SSSR count). The molecule has 100 valence electrons. The monoisotopic (exact) mass is 268 g/mol. The number of anilines is 3. The normalized spacial score (nSPS) is 10.3. The molecular weight excluding hydrogens is 257 g/mol. The Morgan fingerprint density at radius 2 is 1.68 bits per heavy atom. The molecule has 0 spiro atoms. The summed E-state index contributed by atoms with van der Waals surface area (Å²) in [6, 6.07) is 5.77. The Morgan fingerprint density at radius 3 is 2.21 bits per heavy atom. The molecule has 19 heavy (non-hydrogen) atoms. The Balaban J connectivity index is 2.36. The molecule has 3 nitrogen and oxygen atoms in total. The first-order valence-corrected chi connectivity index (χ1v) is 5.36. The van der Waals surface area contributed by atoms with E-state index >= 15 is 0 Å². The highest BCUT2D eigenvalue weighted by atomic mass is 19.1. The van der Waals surface area contributed by atoms with Gasteiger partial charge in [-0.2, -0.15) is 0 Å². The molecule has 0 radical (unpaired) electrons. The molecule has 0 heterocycles. The van der Waals surface area contributed by atoms with Crippen LogP contribution in [0.25, 0.3) is 0 Å². The van der Waals surface area contributed by atoms with Gasteiger partial charge in [-0.3, -0.25) is 0 Å². The fraction of sp³-hybridized carbons (Fsp3) is 0.0769. The molecule has 0 amide bonds. The lowest BCUT2D eigenvalue weighted by atomic mass is 10.2. The van der Waals surface area contributed by atoms with Gasteiger partial charge in [0.05, 0.1) is 18.5 Å². The standard InChI is InChI=1S/C13H11F3N2O/c1-19-8-2-3-12(11(17)6-8)18-13-9(15)4-7(14)5-10(13)16/h2-6,18H,17H2,1H3.